The second-order valence-corrected chi connectivity index (χ2v) is 4.78. The van der Waals surface area contributed by atoms with Crippen molar-refractivity contribution in [3.8, 4) is 0 Å². The smallest absolute Gasteiger partial charge is 0.141 e. The minimum Gasteiger partial charge on any atom is -0.294 e. The molecule has 2 heterocycles. The normalized spacial score (nSPS) is 11.2. The minimum absolute atomic E-state index is 1.03. The highest BCUT2D eigenvalue weighted by atomic mass is 79.9. The van der Waals surface area contributed by atoms with Gasteiger partial charge in [0.15, 0.2) is 0 Å². The predicted molar refractivity (Wildman–Crippen MR) is 70.9 cm³/mol. The summed E-state index contributed by atoms with van der Waals surface area (Å²) in [6.07, 6.45) is 6.56. The number of hydrogen-bond acceptors (Lipinski definition) is 1. The molecule has 0 amide bonds. The summed E-state index contributed by atoms with van der Waals surface area (Å²) in [5.41, 5.74) is 3.59. The Balaban J connectivity index is 2.49. The topological polar surface area (TPSA) is 17.3 Å². The summed E-state index contributed by atoms with van der Waals surface area (Å²) in [5, 5.41) is 0. The first-order chi connectivity index (χ1) is 7.77. The first-order valence-electron chi connectivity index (χ1n) is 5.92. The van der Waals surface area contributed by atoms with Crippen LogP contribution in [0.2, 0.25) is 0 Å². The van der Waals surface area contributed by atoms with Crippen LogP contribution in [0.3, 0.4) is 0 Å². The van der Waals surface area contributed by atoms with E-state index in [9.17, 15) is 0 Å². The van der Waals surface area contributed by atoms with Gasteiger partial charge in [0, 0.05) is 6.20 Å². The molecule has 0 bridgehead atoms. The van der Waals surface area contributed by atoms with E-state index >= 15 is 0 Å². The van der Waals surface area contributed by atoms with Crippen LogP contribution in [-0.4, -0.2) is 9.38 Å². The van der Waals surface area contributed by atoms with Crippen LogP contribution in [0.5, 0.6) is 0 Å². The van der Waals surface area contributed by atoms with Crippen molar-refractivity contribution in [3.63, 3.8) is 0 Å². The fourth-order valence-electron chi connectivity index (χ4n) is 1.92. The lowest BCUT2D eigenvalue weighted by Crippen LogP contribution is -1.89. The summed E-state index contributed by atoms with van der Waals surface area (Å²) in [7, 11) is 0. The van der Waals surface area contributed by atoms with Crippen molar-refractivity contribution in [3.05, 3.63) is 34.2 Å². The fraction of sp³-hybridized carbons (Fsp3) is 0.462. The van der Waals surface area contributed by atoms with Gasteiger partial charge >= 0.3 is 0 Å². The summed E-state index contributed by atoms with van der Waals surface area (Å²) in [4.78, 5) is 4.74. The van der Waals surface area contributed by atoms with Crippen molar-refractivity contribution in [1.82, 2.24) is 9.38 Å². The molecule has 3 heteroatoms. The third-order valence-corrected chi connectivity index (χ3v) is 3.73. The number of nitrogens with zero attached hydrogens (tertiary/aromatic N) is 2. The number of halogens is 1. The molecule has 0 aromatic carbocycles. The summed E-state index contributed by atoms with van der Waals surface area (Å²) in [6, 6.07) is 4.24. The zero-order valence-corrected chi connectivity index (χ0v) is 11.4. The Morgan fingerprint density at radius 1 is 1.38 bits per heavy atom. The van der Waals surface area contributed by atoms with Crippen LogP contribution in [0.1, 0.15) is 37.9 Å². The van der Waals surface area contributed by atoms with Gasteiger partial charge in [0.25, 0.3) is 0 Å². The maximum Gasteiger partial charge on any atom is 0.141 e. The van der Waals surface area contributed by atoms with Gasteiger partial charge in [-0.25, -0.2) is 4.98 Å². The summed E-state index contributed by atoms with van der Waals surface area (Å²) in [6.45, 7) is 4.38. The number of fused-ring (bicyclic) bond motifs is 1. The monoisotopic (exact) mass is 280 g/mol. The van der Waals surface area contributed by atoms with Crippen LogP contribution in [0.15, 0.2) is 22.9 Å². The zero-order valence-electron chi connectivity index (χ0n) is 9.83. The number of hydrogen-bond donors (Lipinski definition) is 0. The highest BCUT2D eigenvalue weighted by Crippen LogP contribution is 2.22. The van der Waals surface area contributed by atoms with E-state index in [1.807, 2.05) is 0 Å². The van der Waals surface area contributed by atoms with Crippen LogP contribution in [0.25, 0.3) is 5.65 Å². The van der Waals surface area contributed by atoms with E-state index in [0.717, 1.165) is 23.1 Å². The summed E-state index contributed by atoms with van der Waals surface area (Å²) < 4.78 is 3.26. The molecule has 86 valence electrons. The third kappa shape index (κ3) is 2.01. The Kier molecular flexibility index (Phi) is 3.64. The first kappa shape index (κ1) is 11.6. The van der Waals surface area contributed by atoms with E-state index in [4.69, 9.17) is 4.98 Å². The van der Waals surface area contributed by atoms with Crippen molar-refractivity contribution in [2.45, 2.75) is 39.5 Å². The number of imidazole rings is 1. The molecule has 2 aromatic rings. The van der Waals surface area contributed by atoms with Crippen LogP contribution < -0.4 is 0 Å². The first-order valence-corrected chi connectivity index (χ1v) is 6.71. The van der Waals surface area contributed by atoms with E-state index in [2.05, 4.69) is 52.5 Å². The van der Waals surface area contributed by atoms with Gasteiger partial charge in [-0.1, -0.05) is 26.3 Å². The minimum atomic E-state index is 1.03. The number of rotatable bonds is 4. The van der Waals surface area contributed by atoms with Gasteiger partial charge in [-0.3, -0.25) is 4.40 Å². The molecule has 0 fully saturated rings. The predicted octanol–water partition coefficient (Wildman–Crippen LogP) is 4.00. The lowest BCUT2D eigenvalue weighted by Gasteiger charge is -1.99. The molecule has 0 N–H and O–H groups in total. The molecule has 16 heavy (non-hydrogen) atoms. The van der Waals surface area contributed by atoms with E-state index < -0.39 is 0 Å². The molecule has 0 aliphatic rings. The van der Waals surface area contributed by atoms with Gasteiger partial charge in [-0.2, -0.15) is 0 Å². The van der Waals surface area contributed by atoms with Crippen molar-refractivity contribution in [2.75, 3.05) is 0 Å². The number of pyridine rings is 1. The maximum absolute atomic E-state index is 4.74. The van der Waals surface area contributed by atoms with E-state index in [-0.39, 0.29) is 0 Å². The van der Waals surface area contributed by atoms with Gasteiger partial charge in [-0.05, 0) is 46.8 Å². The lowest BCUT2D eigenvalue weighted by atomic mass is 10.2. The summed E-state index contributed by atoms with van der Waals surface area (Å²) >= 11 is 3.65. The van der Waals surface area contributed by atoms with Crippen LogP contribution >= 0.6 is 15.9 Å². The quantitative estimate of drug-likeness (QED) is 0.828. The Morgan fingerprint density at radius 2 is 2.19 bits per heavy atom. The Labute approximate surface area is 105 Å². The molecule has 0 saturated heterocycles. The second kappa shape index (κ2) is 5.00. The molecular formula is C13H17BrN2. The molecule has 0 aliphatic carbocycles. The number of unbranched alkanes of at least 4 members (excludes halogenated alkanes) is 1. The number of aryl methyl sites for hydroxylation is 2. The van der Waals surface area contributed by atoms with Crippen LogP contribution in [0.4, 0.5) is 0 Å². The molecule has 0 spiro atoms. The molecule has 0 radical (unpaired) electrons. The molecule has 2 rings (SSSR count). The van der Waals surface area contributed by atoms with E-state index in [0.29, 0.717) is 0 Å². The highest BCUT2D eigenvalue weighted by Gasteiger charge is 2.10. The Hall–Kier alpha value is -0.830. The Bertz CT molecular complexity index is 488. The molecule has 2 nitrogen and oxygen atoms in total. The number of aromatic nitrogens is 2. The van der Waals surface area contributed by atoms with Crippen molar-refractivity contribution in [2.24, 2.45) is 0 Å². The van der Waals surface area contributed by atoms with Crippen molar-refractivity contribution >= 4 is 21.6 Å². The molecule has 2 aromatic heterocycles. The van der Waals surface area contributed by atoms with Gasteiger partial charge < -0.3 is 0 Å². The van der Waals surface area contributed by atoms with E-state index in [1.165, 1.54) is 24.1 Å². The van der Waals surface area contributed by atoms with Crippen LogP contribution in [-0.2, 0) is 12.8 Å². The molecular weight excluding hydrogens is 264 g/mol. The third-order valence-electron chi connectivity index (χ3n) is 2.89. The summed E-state index contributed by atoms with van der Waals surface area (Å²) in [5.74, 6) is 0. The SMILES string of the molecule is CCCCc1nc2c(CC)cccn2c1Br. The van der Waals surface area contributed by atoms with Gasteiger partial charge in [0.05, 0.1) is 5.69 Å². The standard InChI is InChI=1S/C13H17BrN2/c1-3-5-8-11-12(14)16-9-6-7-10(4-2)13(16)15-11/h6-7,9H,3-5,8H2,1-2H3. The largest absolute Gasteiger partial charge is 0.294 e. The Morgan fingerprint density at radius 3 is 2.88 bits per heavy atom. The zero-order chi connectivity index (χ0) is 11.5. The highest BCUT2D eigenvalue weighted by molar-refractivity contribution is 9.10. The van der Waals surface area contributed by atoms with Crippen molar-refractivity contribution in [1.29, 1.82) is 0 Å². The van der Waals surface area contributed by atoms with Gasteiger partial charge in [-0.15, -0.1) is 0 Å². The maximum atomic E-state index is 4.74. The second-order valence-electron chi connectivity index (χ2n) is 4.03. The lowest BCUT2D eigenvalue weighted by molar-refractivity contribution is 0.778. The molecule has 0 unspecified atom stereocenters. The van der Waals surface area contributed by atoms with Crippen molar-refractivity contribution < 1.29 is 0 Å². The molecule has 0 saturated carbocycles. The fourth-order valence-corrected chi connectivity index (χ4v) is 2.49. The van der Waals surface area contributed by atoms with E-state index in [1.54, 1.807) is 0 Å². The van der Waals surface area contributed by atoms with Crippen LogP contribution in [0, 0.1) is 0 Å². The van der Waals surface area contributed by atoms with Gasteiger partial charge in [0.1, 0.15) is 10.3 Å². The molecule has 0 atom stereocenters. The molecule has 0 aliphatic heterocycles. The average Bonchev–Trinajstić information content (AvgIpc) is 2.64. The van der Waals surface area contributed by atoms with Gasteiger partial charge in [0.2, 0.25) is 0 Å². The average molecular weight is 281 g/mol.